The molecular formula is C50H31N3O3. The van der Waals surface area contributed by atoms with E-state index in [0.29, 0.717) is 0 Å². The van der Waals surface area contributed by atoms with Crippen molar-refractivity contribution in [2.75, 3.05) is 9.80 Å². The van der Waals surface area contributed by atoms with Crippen LogP contribution in [0.1, 0.15) is 0 Å². The molecule has 8 aromatic carbocycles. The van der Waals surface area contributed by atoms with E-state index >= 15 is 0 Å². The predicted octanol–water partition coefficient (Wildman–Crippen LogP) is 14.5. The summed E-state index contributed by atoms with van der Waals surface area (Å²) >= 11 is 0. The van der Waals surface area contributed by atoms with Crippen molar-refractivity contribution in [3.8, 4) is 17.2 Å². The fourth-order valence-electron chi connectivity index (χ4n) is 8.46. The van der Waals surface area contributed by atoms with E-state index in [1.165, 1.54) is 0 Å². The van der Waals surface area contributed by atoms with Gasteiger partial charge in [0.05, 0.1) is 11.2 Å². The van der Waals surface area contributed by atoms with Crippen LogP contribution in [0.25, 0.3) is 60.5 Å². The Morgan fingerprint density at radius 2 is 0.893 bits per heavy atom. The van der Waals surface area contributed by atoms with Crippen molar-refractivity contribution in [1.82, 2.24) is 4.57 Å². The Bertz CT molecular complexity index is 3190. The Morgan fingerprint density at radius 3 is 1.54 bits per heavy atom. The van der Waals surface area contributed by atoms with Gasteiger partial charge in [0.15, 0.2) is 17.3 Å². The highest BCUT2D eigenvalue weighted by Crippen LogP contribution is 2.56. The van der Waals surface area contributed by atoms with Gasteiger partial charge in [-0.2, -0.15) is 0 Å². The summed E-state index contributed by atoms with van der Waals surface area (Å²) in [5.74, 6) is 2.50. The van der Waals surface area contributed by atoms with Crippen LogP contribution in [0.2, 0.25) is 0 Å². The van der Waals surface area contributed by atoms with E-state index < -0.39 is 0 Å². The first-order chi connectivity index (χ1) is 27.8. The molecule has 0 unspecified atom stereocenters. The van der Waals surface area contributed by atoms with Crippen LogP contribution in [0.3, 0.4) is 0 Å². The highest BCUT2D eigenvalue weighted by atomic mass is 16.5. The first-order valence-electron chi connectivity index (χ1n) is 18.8. The average molecular weight is 722 g/mol. The maximum atomic E-state index is 7.10. The van der Waals surface area contributed by atoms with Gasteiger partial charge in [-0.3, -0.25) is 9.47 Å². The third-order valence-corrected chi connectivity index (χ3v) is 10.9. The number of rotatable bonds is 5. The molecule has 6 heteroatoms. The van der Waals surface area contributed by atoms with Gasteiger partial charge >= 0.3 is 0 Å². The highest BCUT2D eigenvalue weighted by Gasteiger charge is 2.34. The van der Waals surface area contributed by atoms with Gasteiger partial charge in [-0.1, -0.05) is 84.9 Å². The first kappa shape index (κ1) is 30.7. The van der Waals surface area contributed by atoms with Crippen LogP contribution in [0, 0.1) is 0 Å². The predicted molar refractivity (Wildman–Crippen MR) is 227 cm³/mol. The molecule has 0 atom stereocenters. The fourth-order valence-corrected chi connectivity index (χ4v) is 8.46. The summed E-state index contributed by atoms with van der Waals surface area (Å²) in [5.41, 5.74) is 10.3. The Morgan fingerprint density at radius 1 is 0.393 bits per heavy atom. The third-order valence-electron chi connectivity index (χ3n) is 10.9. The molecule has 11 aromatic rings. The molecule has 1 aliphatic rings. The van der Waals surface area contributed by atoms with Gasteiger partial charge in [0.2, 0.25) is 0 Å². The monoisotopic (exact) mass is 721 g/mol. The van der Waals surface area contributed by atoms with Gasteiger partial charge in [-0.15, -0.1) is 0 Å². The highest BCUT2D eigenvalue weighted by molar-refractivity contribution is 6.08. The molecule has 0 amide bonds. The van der Waals surface area contributed by atoms with E-state index in [9.17, 15) is 0 Å². The molecular weight excluding hydrogens is 691 g/mol. The number of furan rings is 2. The number of benzene rings is 8. The van der Waals surface area contributed by atoms with E-state index in [1.807, 2.05) is 30.3 Å². The van der Waals surface area contributed by atoms with E-state index in [-0.39, 0.29) is 0 Å². The van der Waals surface area contributed by atoms with Crippen LogP contribution in [0.5, 0.6) is 11.5 Å². The van der Waals surface area contributed by atoms with Gasteiger partial charge in [0.25, 0.3) is 0 Å². The number of anilines is 6. The van der Waals surface area contributed by atoms with Crippen molar-refractivity contribution in [2.45, 2.75) is 0 Å². The minimum Gasteiger partial charge on any atom is -0.456 e. The SMILES string of the molecule is c1ccc(N2c3ccc(N(c4ccc5c(c4)oc4ccccc45)c4ccc5c(c4)oc4ccccc45)cc3Oc3c2n(-c2ccccc2)c2ccccc32)cc1. The minimum absolute atomic E-state index is 0.745. The summed E-state index contributed by atoms with van der Waals surface area (Å²) in [7, 11) is 0. The molecule has 3 aromatic heterocycles. The average Bonchev–Trinajstić information content (AvgIpc) is 3.92. The maximum Gasteiger partial charge on any atom is 0.178 e. The van der Waals surface area contributed by atoms with Crippen molar-refractivity contribution in [1.29, 1.82) is 0 Å². The van der Waals surface area contributed by atoms with Crippen molar-refractivity contribution in [3.63, 3.8) is 0 Å². The van der Waals surface area contributed by atoms with Gasteiger partial charge in [-0.05, 0) is 84.9 Å². The molecule has 0 aliphatic carbocycles. The summed E-state index contributed by atoms with van der Waals surface area (Å²) in [6, 6.07) is 65.2. The normalized spacial score (nSPS) is 12.4. The smallest absolute Gasteiger partial charge is 0.178 e. The van der Waals surface area contributed by atoms with E-state index in [1.54, 1.807) is 0 Å². The maximum absolute atomic E-state index is 7.10. The lowest BCUT2D eigenvalue weighted by Gasteiger charge is -2.34. The molecule has 6 nitrogen and oxygen atoms in total. The number of para-hydroxylation sites is 5. The van der Waals surface area contributed by atoms with Crippen LogP contribution in [0.4, 0.5) is 34.3 Å². The summed E-state index contributed by atoms with van der Waals surface area (Å²) in [6.45, 7) is 0. The molecule has 0 N–H and O–H groups in total. The van der Waals surface area contributed by atoms with E-state index in [2.05, 4.69) is 172 Å². The Labute approximate surface area is 321 Å². The number of hydrogen-bond acceptors (Lipinski definition) is 5. The zero-order chi connectivity index (χ0) is 36.7. The van der Waals surface area contributed by atoms with Gasteiger partial charge < -0.3 is 18.5 Å². The lowest BCUT2D eigenvalue weighted by molar-refractivity contribution is 0.481. The zero-order valence-corrected chi connectivity index (χ0v) is 30.0. The summed E-state index contributed by atoms with van der Waals surface area (Å²) in [5, 5.41) is 5.38. The number of fused-ring (bicyclic) bond motifs is 10. The second-order valence-corrected chi connectivity index (χ2v) is 14.2. The Balaban J connectivity index is 1.08. The molecule has 0 saturated heterocycles. The van der Waals surface area contributed by atoms with Crippen LogP contribution < -0.4 is 14.5 Å². The van der Waals surface area contributed by atoms with Crippen molar-refractivity contribution < 1.29 is 13.6 Å². The second kappa shape index (κ2) is 11.9. The Hall–Kier alpha value is -7.70. The van der Waals surface area contributed by atoms with E-state index in [0.717, 1.165) is 106 Å². The largest absolute Gasteiger partial charge is 0.456 e. The standard InChI is InChI=1S/C50H31N3O3/c1-3-13-32(14-4-1)52-42-20-10-7-19-41(42)49-50(52)53(33-15-5-2-6-16-33)43-28-25-36(31-48(43)56-49)51(34-23-26-39-37-17-8-11-21-44(37)54-46(39)29-34)35-24-27-40-38-18-9-12-22-45(38)55-47(40)30-35/h1-31H. The lowest BCUT2D eigenvalue weighted by atomic mass is 10.1. The van der Waals surface area contributed by atoms with Crippen LogP contribution >= 0.6 is 0 Å². The van der Waals surface area contributed by atoms with Gasteiger partial charge in [0.1, 0.15) is 22.3 Å². The lowest BCUT2D eigenvalue weighted by Crippen LogP contribution is -2.19. The van der Waals surface area contributed by atoms with Crippen molar-refractivity contribution in [2.24, 2.45) is 0 Å². The summed E-state index contributed by atoms with van der Waals surface area (Å²) in [6.07, 6.45) is 0. The van der Waals surface area contributed by atoms with Gasteiger partial charge in [0, 0.05) is 73.6 Å². The van der Waals surface area contributed by atoms with Crippen LogP contribution in [-0.2, 0) is 0 Å². The molecule has 0 saturated carbocycles. The molecule has 264 valence electrons. The number of aromatic nitrogens is 1. The fraction of sp³-hybridized carbons (Fsp3) is 0. The molecule has 56 heavy (non-hydrogen) atoms. The number of ether oxygens (including phenoxy) is 1. The summed E-state index contributed by atoms with van der Waals surface area (Å²) < 4.78 is 22.2. The molecule has 0 radical (unpaired) electrons. The van der Waals surface area contributed by atoms with Crippen molar-refractivity contribution in [3.05, 3.63) is 188 Å². The molecule has 12 rings (SSSR count). The number of nitrogens with zero attached hydrogens (tertiary/aromatic N) is 3. The third kappa shape index (κ3) is 4.56. The molecule has 4 heterocycles. The molecule has 0 fully saturated rings. The molecule has 0 spiro atoms. The van der Waals surface area contributed by atoms with Gasteiger partial charge in [-0.25, -0.2) is 0 Å². The van der Waals surface area contributed by atoms with Crippen LogP contribution in [0.15, 0.2) is 197 Å². The molecule has 0 bridgehead atoms. The minimum atomic E-state index is 0.745. The zero-order valence-electron chi connectivity index (χ0n) is 30.0. The topological polar surface area (TPSA) is 46.9 Å². The quantitative estimate of drug-likeness (QED) is 0.177. The van der Waals surface area contributed by atoms with E-state index in [4.69, 9.17) is 13.6 Å². The second-order valence-electron chi connectivity index (χ2n) is 14.2. The Kier molecular flexibility index (Phi) is 6.53. The first-order valence-corrected chi connectivity index (χ1v) is 18.8. The molecule has 1 aliphatic heterocycles. The number of hydrogen-bond donors (Lipinski definition) is 0. The summed E-state index contributed by atoms with van der Waals surface area (Å²) in [4.78, 5) is 4.56. The van der Waals surface area contributed by atoms with Crippen LogP contribution in [-0.4, -0.2) is 4.57 Å². The van der Waals surface area contributed by atoms with Crippen molar-refractivity contribution >= 4 is 89.0 Å².